The molecule has 0 saturated carbocycles. The summed E-state index contributed by atoms with van der Waals surface area (Å²) >= 11 is 5.76. The minimum absolute atomic E-state index is 0.0269. The van der Waals surface area contributed by atoms with Crippen LogP contribution in [0, 0.1) is 5.82 Å². The number of hydrogen-bond donors (Lipinski definition) is 2. The van der Waals surface area contributed by atoms with Crippen LogP contribution in [0.4, 0.5) is 4.39 Å². The normalized spacial score (nSPS) is 12.1. The van der Waals surface area contributed by atoms with Gasteiger partial charge in [-0.1, -0.05) is 23.7 Å². The molecule has 2 aromatic rings. The van der Waals surface area contributed by atoms with Crippen molar-refractivity contribution < 1.29 is 17.6 Å². The number of nitrogens with zero attached hydrogens (tertiary/aromatic N) is 1. The zero-order valence-electron chi connectivity index (χ0n) is 12.5. The maximum Gasteiger partial charge on any atom is 0.271 e. The molecule has 0 radical (unpaired) electrons. The van der Waals surface area contributed by atoms with E-state index in [2.05, 4.69) is 10.5 Å². The fourth-order valence-electron chi connectivity index (χ4n) is 1.82. The molecule has 0 bridgehead atoms. The summed E-state index contributed by atoms with van der Waals surface area (Å²) in [6, 6.07) is 9.24. The molecule has 0 spiro atoms. The first-order chi connectivity index (χ1) is 11.2. The molecule has 1 amide bonds. The van der Waals surface area contributed by atoms with Crippen LogP contribution in [0.3, 0.4) is 0 Å². The van der Waals surface area contributed by atoms with Gasteiger partial charge < -0.3 is 0 Å². The van der Waals surface area contributed by atoms with Gasteiger partial charge in [-0.2, -0.15) is 5.10 Å². The SMILES string of the molecule is C/C(=N/NC(=O)c1ccc(Cl)c(S(N)(=O)=O)c1)c1ccc(F)cc1. The lowest BCUT2D eigenvalue weighted by molar-refractivity contribution is 0.0954. The number of rotatable bonds is 4. The van der Waals surface area contributed by atoms with Gasteiger partial charge in [0.15, 0.2) is 0 Å². The molecule has 0 aliphatic rings. The van der Waals surface area contributed by atoms with Gasteiger partial charge >= 0.3 is 0 Å². The molecule has 0 aliphatic heterocycles. The van der Waals surface area contributed by atoms with Crippen molar-refractivity contribution >= 4 is 33.2 Å². The molecule has 0 fully saturated rings. The number of nitrogens with one attached hydrogen (secondary N) is 1. The molecule has 24 heavy (non-hydrogen) atoms. The first-order valence-corrected chi connectivity index (χ1v) is 8.54. The number of halogens is 2. The van der Waals surface area contributed by atoms with E-state index >= 15 is 0 Å². The van der Waals surface area contributed by atoms with Gasteiger partial charge in [-0.15, -0.1) is 0 Å². The molecule has 2 rings (SSSR count). The summed E-state index contributed by atoms with van der Waals surface area (Å²) in [4.78, 5) is 11.7. The van der Waals surface area contributed by atoms with Crippen LogP contribution in [0.2, 0.25) is 5.02 Å². The van der Waals surface area contributed by atoms with Crippen molar-refractivity contribution in [1.29, 1.82) is 0 Å². The van der Waals surface area contributed by atoms with Gasteiger partial charge in [0.2, 0.25) is 10.0 Å². The molecule has 0 saturated heterocycles. The predicted molar refractivity (Wildman–Crippen MR) is 88.9 cm³/mol. The average molecular weight is 370 g/mol. The van der Waals surface area contributed by atoms with Gasteiger partial charge in [0.05, 0.1) is 10.7 Å². The highest BCUT2D eigenvalue weighted by atomic mass is 35.5. The Hall–Kier alpha value is -2.29. The van der Waals surface area contributed by atoms with Gasteiger partial charge in [-0.05, 0) is 42.8 Å². The van der Waals surface area contributed by atoms with E-state index in [0.29, 0.717) is 11.3 Å². The minimum atomic E-state index is -4.05. The Kier molecular flexibility index (Phi) is 5.33. The first-order valence-electron chi connectivity index (χ1n) is 6.61. The third-order valence-corrected chi connectivity index (χ3v) is 4.48. The van der Waals surface area contributed by atoms with Crippen molar-refractivity contribution in [3.8, 4) is 0 Å². The largest absolute Gasteiger partial charge is 0.271 e. The maximum absolute atomic E-state index is 12.9. The molecule has 0 heterocycles. The van der Waals surface area contributed by atoms with Crippen LogP contribution >= 0.6 is 11.6 Å². The lowest BCUT2D eigenvalue weighted by atomic mass is 10.1. The Morgan fingerprint density at radius 1 is 1.17 bits per heavy atom. The molecule has 2 aromatic carbocycles. The Labute approximate surface area is 143 Å². The molecule has 3 N–H and O–H groups in total. The van der Waals surface area contributed by atoms with Crippen LogP contribution in [0.5, 0.6) is 0 Å². The number of benzene rings is 2. The van der Waals surface area contributed by atoms with Crippen LogP contribution < -0.4 is 10.6 Å². The fraction of sp³-hybridized carbons (Fsp3) is 0.0667. The topological polar surface area (TPSA) is 102 Å². The van der Waals surface area contributed by atoms with E-state index < -0.39 is 15.9 Å². The molecular weight excluding hydrogens is 357 g/mol. The van der Waals surface area contributed by atoms with Crippen molar-refractivity contribution in [1.82, 2.24) is 5.43 Å². The molecule has 6 nitrogen and oxygen atoms in total. The van der Waals surface area contributed by atoms with Crippen LogP contribution in [-0.4, -0.2) is 20.0 Å². The zero-order chi connectivity index (χ0) is 17.9. The van der Waals surface area contributed by atoms with Crippen LogP contribution in [0.15, 0.2) is 52.5 Å². The maximum atomic E-state index is 12.9. The number of primary sulfonamides is 1. The number of amides is 1. The van der Waals surface area contributed by atoms with Crippen LogP contribution in [0.1, 0.15) is 22.8 Å². The van der Waals surface area contributed by atoms with E-state index in [-0.39, 0.29) is 21.3 Å². The molecule has 126 valence electrons. The third kappa shape index (κ3) is 4.38. The highest BCUT2D eigenvalue weighted by molar-refractivity contribution is 7.89. The summed E-state index contributed by atoms with van der Waals surface area (Å²) in [5.41, 5.74) is 3.38. The molecule has 0 atom stereocenters. The molecular formula is C15H13ClFN3O3S. The van der Waals surface area contributed by atoms with Crippen LogP contribution in [0.25, 0.3) is 0 Å². The van der Waals surface area contributed by atoms with E-state index in [4.69, 9.17) is 16.7 Å². The molecule has 9 heteroatoms. The van der Waals surface area contributed by atoms with E-state index in [1.807, 2.05) is 0 Å². The summed E-state index contributed by atoms with van der Waals surface area (Å²) in [7, 11) is -4.05. The summed E-state index contributed by atoms with van der Waals surface area (Å²) < 4.78 is 35.7. The third-order valence-electron chi connectivity index (χ3n) is 3.09. The smallest absolute Gasteiger partial charge is 0.267 e. The van der Waals surface area contributed by atoms with E-state index in [9.17, 15) is 17.6 Å². The second kappa shape index (κ2) is 7.08. The van der Waals surface area contributed by atoms with Crippen molar-refractivity contribution in [2.75, 3.05) is 0 Å². The number of hydrogen-bond acceptors (Lipinski definition) is 4. The lowest BCUT2D eigenvalue weighted by Gasteiger charge is -2.06. The second-order valence-corrected chi connectivity index (χ2v) is 6.77. The Bertz CT molecular complexity index is 912. The minimum Gasteiger partial charge on any atom is -0.267 e. The monoisotopic (exact) mass is 369 g/mol. The Balaban J connectivity index is 2.21. The average Bonchev–Trinajstić information content (AvgIpc) is 2.52. The summed E-state index contributed by atoms with van der Waals surface area (Å²) in [5, 5.41) is 8.85. The van der Waals surface area contributed by atoms with Gasteiger partial charge in [0.25, 0.3) is 5.91 Å². The standard InChI is InChI=1S/C15H13ClFN3O3S/c1-9(10-2-5-12(17)6-3-10)19-20-15(21)11-4-7-13(16)14(8-11)24(18,22)23/h2-8H,1H3,(H,20,21)(H2,18,22,23)/b19-9-. The van der Waals surface area contributed by atoms with Crippen molar-refractivity contribution in [2.24, 2.45) is 10.2 Å². The highest BCUT2D eigenvalue weighted by Crippen LogP contribution is 2.21. The fourth-order valence-corrected chi connectivity index (χ4v) is 2.89. The molecule has 0 aliphatic carbocycles. The summed E-state index contributed by atoms with van der Waals surface area (Å²) in [6.07, 6.45) is 0. The summed E-state index contributed by atoms with van der Waals surface area (Å²) in [6.45, 7) is 1.63. The number of sulfonamides is 1. The van der Waals surface area contributed by atoms with Crippen LogP contribution in [-0.2, 0) is 10.0 Å². The van der Waals surface area contributed by atoms with Gasteiger partial charge in [-0.3, -0.25) is 4.79 Å². The molecule has 0 unspecified atom stereocenters. The van der Waals surface area contributed by atoms with Crippen molar-refractivity contribution in [3.05, 3.63) is 64.4 Å². The Morgan fingerprint density at radius 3 is 2.33 bits per heavy atom. The van der Waals surface area contributed by atoms with Gasteiger partial charge in [-0.25, -0.2) is 23.4 Å². The molecule has 0 aromatic heterocycles. The number of carbonyl (C=O) groups is 1. The van der Waals surface area contributed by atoms with Crippen molar-refractivity contribution in [2.45, 2.75) is 11.8 Å². The summed E-state index contributed by atoms with van der Waals surface area (Å²) in [5.74, 6) is -1.02. The van der Waals surface area contributed by atoms with Gasteiger partial charge in [0, 0.05) is 5.56 Å². The number of carbonyl (C=O) groups excluding carboxylic acids is 1. The first kappa shape index (κ1) is 18.1. The zero-order valence-corrected chi connectivity index (χ0v) is 14.0. The highest BCUT2D eigenvalue weighted by Gasteiger charge is 2.16. The quantitative estimate of drug-likeness (QED) is 0.638. The Morgan fingerprint density at radius 2 is 1.75 bits per heavy atom. The number of hydrazone groups is 1. The van der Waals surface area contributed by atoms with E-state index in [0.717, 1.165) is 6.07 Å². The number of nitrogens with two attached hydrogens (primary N) is 1. The van der Waals surface area contributed by atoms with E-state index in [1.165, 1.54) is 36.4 Å². The lowest BCUT2D eigenvalue weighted by Crippen LogP contribution is -2.20. The van der Waals surface area contributed by atoms with E-state index in [1.54, 1.807) is 6.92 Å². The van der Waals surface area contributed by atoms with Gasteiger partial charge in [0.1, 0.15) is 10.7 Å². The van der Waals surface area contributed by atoms with Crippen molar-refractivity contribution in [3.63, 3.8) is 0 Å². The predicted octanol–water partition coefficient (Wildman–Crippen LogP) is 2.28. The second-order valence-electron chi connectivity index (χ2n) is 4.84.